The van der Waals surface area contributed by atoms with E-state index in [0.29, 0.717) is 0 Å². The first-order valence-corrected chi connectivity index (χ1v) is 7.22. The Labute approximate surface area is 117 Å². The summed E-state index contributed by atoms with van der Waals surface area (Å²) in [7, 11) is 1.25. The first-order chi connectivity index (χ1) is 8.30. The average Bonchev–Trinajstić information content (AvgIpc) is 2.25. The van der Waals surface area contributed by atoms with Gasteiger partial charge >= 0.3 is 12.0 Å². The normalized spacial score (nSPS) is 11.4. The third kappa shape index (κ3) is 4.52. The Bertz CT molecular complexity index is 341. The van der Waals surface area contributed by atoms with Gasteiger partial charge in [-0.2, -0.15) is 10.1 Å². The van der Waals surface area contributed by atoms with E-state index in [0.717, 1.165) is 0 Å². The lowest BCUT2D eigenvalue weighted by Gasteiger charge is -2.28. The van der Waals surface area contributed by atoms with Gasteiger partial charge in [0.2, 0.25) is 0 Å². The Kier molecular flexibility index (Phi) is 7.36. The molecular formula is C11H19N2O3S2+. The van der Waals surface area contributed by atoms with E-state index in [-0.39, 0.29) is 16.9 Å². The van der Waals surface area contributed by atoms with Gasteiger partial charge in [-0.25, -0.2) is 4.79 Å². The van der Waals surface area contributed by atoms with E-state index in [4.69, 9.17) is 10.00 Å². The highest BCUT2D eigenvalue weighted by atomic mass is 32.2. The Morgan fingerprint density at radius 3 is 1.94 bits per heavy atom. The van der Waals surface area contributed by atoms with Crippen molar-refractivity contribution in [1.29, 1.82) is 5.26 Å². The van der Waals surface area contributed by atoms with Gasteiger partial charge in [0, 0.05) is 0 Å². The summed E-state index contributed by atoms with van der Waals surface area (Å²) in [6.45, 7) is 7.56. The van der Waals surface area contributed by atoms with E-state index in [1.54, 1.807) is 6.07 Å². The van der Waals surface area contributed by atoms with Crippen molar-refractivity contribution in [3.05, 3.63) is 0 Å². The van der Waals surface area contributed by atoms with Crippen LogP contribution in [0.3, 0.4) is 0 Å². The molecule has 0 heterocycles. The molecule has 0 aliphatic rings. The molecule has 0 atom stereocenters. The fraction of sp³-hybridized carbons (Fsp3) is 0.727. The highest BCUT2D eigenvalue weighted by molar-refractivity contribution is 8.08. The van der Waals surface area contributed by atoms with Crippen LogP contribution >= 0.6 is 23.9 Å². The zero-order valence-electron chi connectivity index (χ0n) is 11.3. The molecule has 102 valence electrons. The molecule has 0 aliphatic carbocycles. The van der Waals surface area contributed by atoms with Gasteiger partial charge in [-0.15, -0.1) is 0 Å². The van der Waals surface area contributed by atoms with E-state index >= 15 is 0 Å². The lowest BCUT2D eigenvalue weighted by molar-refractivity contribution is -0.485. The Morgan fingerprint density at radius 1 is 1.22 bits per heavy atom. The van der Waals surface area contributed by atoms with Crippen LogP contribution in [0, 0.1) is 11.3 Å². The standard InChI is InChI=1S/C11H19N2O3S2/c1-8(2)17-13(11(15)16-5,18-9(3)4)10(14)6-7-12/h8-9H,6H2,1-5H3/q+1. The zero-order valence-corrected chi connectivity index (χ0v) is 12.9. The smallest absolute Gasteiger partial charge is 0.421 e. The summed E-state index contributed by atoms with van der Waals surface area (Å²) >= 11 is 2.36. The van der Waals surface area contributed by atoms with Crippen LogP contribution in [0.15, 0.2) is 0 Å². The number of amides is 2. The van der Waals surface area contributed by atoms with Gasteiger partial charge in [-0.05, 0) is 31.0 Å². The molecule has 0 saturated heterocycles. The number of nitriles is 1. The number of hydrogen-bond acceptors (Lipinski definition) is 6. The van der Waals surface area contributed by atoms with Gasteiger partial charge in [-0.3, -0.25) is 0 Å². The number of nitrogens with zero attached hydrogens (tertiary/aromatic N) is 2. The van der Waals surface area contributed by atoms with Crippen molar-refractivity contribution in [3.8, 4) is 6.07 Å². The lowest BCUT2D eigenvalue weighted by Crippen LogP contribution is -2.47. The number of carbonyl (C=O) groups excluding carboxylic acids is 2. The predicted octanol–water partition coefficient (Wildman–Crippen LogP) is 3.12. The van der Waals surface area contributed by atoms with Crippen molar-refractivity contribution >= 4 is 35.9 Å². The third-order valence-electron chi connectivity index (χ3n) is 1.69. The number of quaternary nitrogens is 1. The molecule has 0 aromatic heterocycles. The second kappa shape index (κ2) is 7.67. The van der Waals surface area contributed by atoms with Crippen molar-refractivity contribution in [2.24, 2.45) is 0 Å². The number of carbonyl (C=O) groups is 2. The number of methoxy groups -OCH3 is 1. The van der Waals surface area contributed by atoms with E-state index < -0.39 is 15.3 Å². The monoisotopic (exact) mass is 291 g/mol. The molecule has 18 heavy (non-hydrogen) atoms. The van der Waals surface area contributed by atoms with Gasteiger partial charge in [0.15, 0.2) is 6.42 Å². The van der Waals surface area contributed by atoms with Crippen LogP contribution < -0.4 is 0 Å². The fourth-order valence-corrected chi connectivity index (χ4v) is 4.32. The second-order valence-electron chi connectivity index (χ2n) is 4.06. The van der Waals surface area contributed by atoms with Crippen LogP contribution in [0.25, 0.3) is 0 Å². The third-order valence-corrected chi connectivity index (χ3v) is 4.35. The Balaban J connectivity index is 5.46. The summed E-state index contributed by atoms with van der Waals surface area (Å²) in [5.41, 5.74) is 0. The van der Waals surface area contributed by atoms with Gasteiger partial charge in [-0.1, -0.05) is 0 Å². The summed E-state index contributed by atoms with van der Waals surface area (Å²) in [4.78, 5) is 24.1. The molecule has 0 aliphatic heterocycles. The molecule has 0 N–H and O–H groups in total. The second-order valence-corrected chi connectivity index (χ2v) is 7.69. The Morgan fingerprint density at radius 2 is 1.67 bits per heavy atom. The zero-order chi connectivity index (χ0) is 14.3. The van der Waals surface area contributed by atoms with Crippen LogP contribution in [0.2, 0.25) is 0 Å². The first kappa shape index (κ1) is 17.3. The molecule has 0 bridgehead atoms. The maximum atomic E-state index is 12.1. The van der Waals surface area contributed by atoms with Gasteiger partial charge in [0.25, 0.3) is 0 Å². The molecule has 0 rings (SSSR count). The van der Waals surface area contributed by atoms with Gasteiger partial charge < -0.3 is 4.74 Å². The molecule has 2 amide bonds. The van der Waals surface area contributed by atoms with Gasteiger partial charge in [0.05, 0.1) is 23.7 Å². The molecule has 0 aromatic rings. The number of rotatable bonds is 5. The van der Waals surface area contributed by atoms with Crippen LogP contribution in [0.1, 0.15) is 34.1 Å². The maximum absolute atomic E-state index is 12.1. The largest absolute Gasteiger partial charge is 0.547 e. The molecule has 0 saturated carbocycles. The summed E-state index contributed by atoms with van der Waals surface area (Å²) in [5, 5.41) is 8.78. The van der Waals surface area contributed by atoms with Crippen molar-refractivity contribution in [3.63, 3.8) is 0 Å². The fourth-order valence-electron chi connectivity index (χ4n) is 1.22. The molecule has 0 fully saturated rings. The van der Waals surface area contributed by atoms with Crippen molar-refractivity contribution in [1.82, 2.24) is 0 Å². The van der Waals surface area contributed by atoms with Crippen LogP contribution in [0.5, 0.6) is 0 Å². The topological polar surface area (TPSA) is 67.2 Å². The molecule has 5 nitrogen and oxygen atoms in total. The minimum absolute atomic E-state index is 0.0537. The number of hydrogen-bond donors (Lipinski definition) is 0. The van der Waals surface area contributed by atoms with E-state index in [2.05, 4.69) is 0 Å². The van der Waals surface area contributed by atoms with Gasteiger partial charge in [0.1, 0.15) is 23.9 Å². The van der Waals surface area contributed by atoms with E-state index in [9.17, 15) is 9.59 Å². The lowest BCUT2D eigenvalue weighted by atomic mass is 10.4. The maximum Gasteiger partial charge on any atom is 0.547 e. The van der Waals surface area contributed by atoms with Crippen molar-refractivity contribution in [2.75, 3.05) is 7.11 Å². The molecular weight excluding hydrogens is 272 g/mol. The minimum Gasteiger partial charge on any atom is -0.421 e. The molecule has 0 spiro atoms. The minimum atomic E-state index is -0.646. The quantitative estimate of drug-likeness (QED) is 0.572. The predicted molar refractivity (Wildman–Crippen MR) is 73.4 cm³/mol. The van der Waals surface area contributed by atoms with E-state index in [1.165, 1.54) is 31.0 Å². The SMILES string of the molecule is COC(=O)[N+](SC(C)C)(SC(C)C)C(=O)CC#N. The van der Waals surface area contributed by atoms with E-state index in [1.807, 2.05) is 27.7 Å². The molecule has 7 heteroatoms. The van der Waals surface area contributed by atoms with Crippen LogP contribution in [-0.2, 0) is 9.53 Å². The van der Waals surface area contributed by atoms with Crippen LogP contribution in [0.4, 0.5) is 4.79 Å². The molecule has 0 radical (unpaired) electrons. The number of ether oxygens (including phenoxy) is 1. The molecule has 0 aromatic carbocycles. The highest BCUT2D eigenvalue weighted by Crippen LogP contribution is 2.41. The van der Waals surface area contributed by atoms with Crippen molar-refractivity contribution in [2.45, 2.75) is 44.6 Å². The first-order valence-electron chi connectivity index (χ1n) is 5.54. The number of imide groups is 1. The average molecular weight is 291 g/mol. The summed E-state index contributed by atoms with van der Waals surface area (Å²) in [6.07, 6.45) is -0.957. The Hall–Kier alpha value is -0.710. The van der Waals surface area contributed by atoms with Crippen LogP contribution in [-0.4, -0.2) is 32.9 Å². The summed E-state index contributed by atoms with van der Waals surface area (Å²) in [6, 6.07) is 1.80. The highest BCUT2D eigenvalue weighted by Gasteiger charge is 2.51. The molecule has 0 unspecified atom stereocenters. The summed E-state index contributed by atoms with van der Waals surface area (Å²) in [5.74, 6) is -0.457. The van der Waals surface area contributed by atoms with Crippen molar-refractivity contribution < 1.29 is 17.6 Å². The summed E-state index contributed by atoms with van der Waals surface area (Å²) < 4.78 is 4.19.